The lowest BCUT2D eigenvalue weighted by Crippen LogP contribution is -2.09. The standard InChI is InChI=1S/C24H21N3O2S/c28-30(29,22-14-8-3-9-15-22)18-21-16-23(25-17-19-10-4-1-5-11-19)27-24(26-21)20-12-6-2-7-13-20/h1-16H,17-18H2,(H,25,26,27). The zero-order valence-electron chi connectivity index (χ0n) is 16.3. The van der Waals surface area contributed by atoms with Crippen molar-refractivity contribution >= 4 is 15.7 Å². The van der Waals surface area contributed by atoms with Crippen molar-refractivity contribution in [3.05, 3.63) is 108 Å². The highest BCUT2D eigenvalue weighted by Gasteiger charge is 2.18. The zero-order valence-corrected chi connectivity index (χ0v) is 17.1. The molecule has 0 saturated heterocycles. The first-order chi connectivity index (χ1) is 14.6. The average Bonchev–Trinajstić information content (AvgIpc) is 2.79. The molecule has 0 fully saturated rings. The van der Waals surface area contributed by atoms with E-state index in [0.717, 1.165) is 11.1 Å². The van der Waals surface area contributed by atoms with E-state index in [0.29, 0.717) is 23.9 Å². The summed E-state index contributed by atoms with van der Waals surface area (Å²) >= 11 is 0. The molecule has 0 spiro atoms. The SMILES string of the molecule is O=S(=O)(Cc1cc(NCc2ccccc2)nc(-c2ccccc2)n1)c1ccccc1. The van der Waals surface area contributed by atoms with Crippen molar-refractivity contribution in [3.63, 3.8) is 0 Å². The summed E-state index contributed by atoms with van der Waals surface area (Å²) in [6, 6.07) is 29.6. The summed E-state index contributed by atoms with van der Waals surface area (Å²) in [4.78, 5) is 9.42. The number of benzene rings is 3. The molecule has 0 unspecified atom stereocenters. The summed E-state index contributed by atoms with van der Waals surface area (Å²) in [5, 5.41) is 3.29. The first kappa shape index (κ1) is 19.8. The molecule has 1 aromatic heterocycles. The molecule has 30 heavy (non-hydrogen) atoms. The first-order valence-corrected chi connectivity index (χ1v) is 11.2. The number of hydrogen-bond donors (Lipinski definition) is 1. The molecule has 1 heterocycles. The van der Waals surface area contributed by atoms with E-state index in [1.165, 1.54) is 0 Å². The van der Waals surface area contributed by atoms with Crippen molar-refractivity contribution in [3.8, 4) is 11.4 Å². The summed E-state index contributed by atoms with van der Waals surface area (Å²) in [5.74, 6) is 0.886. The number of nitrogens with zero attached hydrogens (tertiary/aromatic N) is 2. The fraction of sp³-hybridized carbons (Fsp3) is 0.0833. The first-order valence-electron chi connectivity index (χ1n) is 9.59. The maximum atomic E-state index is 12.9. The second-order valence-electron chi connectivity index (χ2n) is 6.85. The van der Waals surface area contributed by atoms with Gasteiger partial charge in [0, 0.05) is 18.2 Å². The lowest BCUT2D eigenvalue weighted by atomic mass is 10.2. The minimum absolute atomic E-state index is 0.195. The van der Waals surface area contributed by atoms with Gasteiger partial charge < -0.3 is 5.32 Å². The highest BCUT2D eigenvalue weighted by Crippen LogP contribution is 2.21. The van der Waals surface area contributed by atoms with E-state index in [9.17, 15) is 8.42 Å². The molecular weight excluding hydrogens is 394 g/mol. The number of nitrogens with one attached hydrogen (secondary N) is 1. The molecule has 0 aliphatic rings. The molecule has 4 rings (SSSR count). The third kappa shape index (κ3) is 4.90. The lowest BCUT2D eigenvalue weighted by molar-refractivity contribution is 0.594. The highest BCUT2D eigenvalue weighted by molar-refractivity contribution is 7.90. The second kappa shape index (κ2) is 8.88. The highest BCUT2D eigenvalue weighted by atomic mass is 32.2. The maximum Gasteiger partial charge on any atom is 0.184 e. The molecule has 1 N–H and O–H groups in total. The van der Waals surface area contributed by atoms with Gasteiger partial charge in [-0.05, 0) is 17.7 Å². The van der Waals surface area contributed by atoms with Crippen molar-refractivity contribution in [2.75, 3.05) is 5.32 Å². The Morgan fingerprint density at radius 1 is 0.733 bits per heavy atom. The van der Waals surface area contributed by atoms with Gasteiger partial charge >= 0.3 is 0 Å². The molecule has 0 aliphatic heterocycles. The van der Waals surface area contributed by atoms with Gasteiger partial charge in [0.1, 0.15) is 5.82 Å². The zero-order chi connectivity index (χ0) is 20.8. The van der Waals surface area contributed by atoms with Crippen LogP contribution in [-0.2, 0) is 22.1 Å². The van der Waals surface area contributed by atoms with Crippen molar-refractivity contribution in [1.29, 1.82) is 0 Å². The van der Waals surface area contributed by atoms with Crippen molar-refractivity contribution < 1.29 is 8.42 Å². The predicted octanol–water partition coefficient (Wildman–Crippen LogP) is 4.73. The van der Waals surface area contributed by atoms with Crippen LogP contribution < -0.4 is 5.32 Å². The van der Waals surface area contributed by atoms with E-state index < -0.39 is 9.84 Å². The smallest absolute Gasteiger partial charge is 0.184 e. The minimum atomic E-state index is -3.51. The Morgan fingerprint density at radius 3 is 2.00 bits per heavy atom. The number of aromatic nitrogens is 2. The maximum absolute atomic E-state index is 12.9. The van der Waals surface area contributed by atoms with Crippen LogP contribution in [0.5, 0.6) is 0 Å². The lowest BCUT2D eigenvalue weighted by Gasteiger charge is -2.11. The van der Waals surface area contributed by atoms with Crippen LogP contribution in [0.3, 0.4) is 0 Å². The molecule has 0 saturated carbocycles. The van der Waals surface area contributed by atoms with Crippen LogP contribution in [0.4, 0.5) is 5.82 Å². The van der Waals surface area contributed by atoms with Crippen LogP contribution in [0.2, 0.25) is 0 Å². The van der Waals surface area contributed by atoms with Gasteiger partial charge in [-0.1, -0.05) is 78.9 Å². The number of sulfone groups is 1. The molecule has 5 nitrogen and oxygen atoms in total. The Balaban J connectivity index is 1.67. The quantitative estimate of drug-likeness (QED) is 0.472. The fourth-order valence-electron chi connectivity index (χ4n) is 3.07. The number of anilines is 1. The summed E-state index contributed by atoms with van der Waals surface area (Å²) in [6.45, 7) is 0.580. The van der Waals surface area contributed by atoms with Crippen LogP contribution in [0, 0.1) is 0 Å². The average molecular weight is 416 g/mol. The van der Waals surface area contributed by atoms with Gasteiger partial charge in [-0.3, -0.25) is 0 Å². The number of hydrogen-bond acceptors (Lipinski definition) is 5. The van der Waals surface area contributed by atoms with E-state index in [2.05, 4.69) is 15.3 Å². The third-order valence-electron chi connectivity index (χ3n) is 4.57. The fourth-order valence-corrected chi connectivity index (χ4v) is 4.35. The van der Waals surface area contributed by atoms with Gasteiger partial charge in [-0.25, -0.2) is 18.4 Å². The third-order valence-corrected chi connectivity index (χ3v) is 6.23. The summed E-state index contributed by atoms with van der Waals surface area (Å²) in [6.07, 6.45) is 0. The van der Waals surface area contributed by atoms with Gasteiger partial charge in [0.25, 0.3) is 0 Å². The van der Waals surface area contributed by atoms with Gasteiger partial charge in [0.2, 0.25) is 0 Å². The molecule has 6 heteroatoms. The summed E-state index contributed by atoms with van der Waals surface area (Å²) in [7, 11) is -3.51. The summed E-state index contributed by atoms with van der Waals surface area (Å²) < 4.78 is 25.7. The van der Waals surface area contributed by atoms with Crippen LogP contribution in [0.1, 0.15) is 11.3 Å². The van der Waals surface area contributed by atoms with Gasteiger partial charge in [-0.2, -0.15) is 0 Å². The van der Waals surface area contributed by atoms with E-state index in [1.807, 2.05) is 60.7 Å². The molecule has 0 atom stereocenters. The molecule has 3 aromatic carbocycles. The summed E-state index contributed by atoms with van der Waals surface area (Å²) in [5.41, 5.74) is 2.39. The van der Waals surface area contributed by atoms with Crippen molar-refractivity contribution in [1.82, 2.24) is 9.97 Å². The van der Waals surface area contributed by atoms with Crippen LogP contribution >= 0.6 is 0 Å². The van der Waals surface area contributed by atoms with E-state index >= 15 is 0 Å². The molecule has 0 bridgehead atoms. The monoisotopic (exact) mass is 415 g/mol. The molecule has 150 valence electrons. The van der Waals surface area contributed by atoms with Crippen molar-refractivity contribution in [2.45, 2.75) is 17.2 Å². The topological polar surface area (TPSA) is 72.0 Å². The predicted molar refractivity (Wildman–Crippen MR) is 119 cm³/mol. The Hall–Kier alpha value is -3.51. The minimum Gasteiger partial charge on any atom is -0.366 e. The molecular formula is C24H21N3O2S. The molecule has 4 aromatic rings. The van der Waals surface area contributed by atoms with Gasteiger partial charge in [0.15, 0.2) is 15.7 Å². The van der Waals surface area contributed by atoms with Crippen LogP contribution in [-0.4, -0.2) is 18.4 Å². The van der Waals surface area contributed by atoms with E-state index in [4.69, 9.17) is 0 Å². The van der Waals surface area contributed by atoms with Crippen molar-refractivity contribution in [2.24, 2.45) is 0 Å². The molecule has 0 amide bonds. The van der Waals surface area contributed by atoms with Gasteiger partial charge in [-0.15, -0.1) is 0 Å². The molecule has 0 radical (unpaired) electrons. The molecule has 0 aliphatic carbocycles. The van der Waals surface area contributed by atoms with Crippen LogP contribution in [0.25, 0.3) is 11.4 Å². The Morgan fingerprint density at radius 2 is 1.33 bits per heavy atom. The number of rotatable bonds is 7. The second-order valence-corrected chi connectivity index (χ2v) is 8.84. The van der Waals surface area contributed by atoms with E-state index in [-0.39, 0.29) is 10.6 Å². The van der Waals surface area contributed by atoms with Crippen LogP contribution in [0.15, 0.2) is 102 Å². The Bertz CT molecular complexity index is 1210. The normalized spacial score (nSPS) is 11.2. The largest absolute Gasteiger partial charge is 0.366 e. The Labute approximate surface area is 176 Å². The Kier molecular flexibility index (Phi) is 5.86. The van der Waals surface area contributed by atoms with Gasteiger partial charge in [0.05, 0.1) is 16.3 Å². The van der Waals surface area contributed by atoms with E-state index in [1.54, 1.807) is 36.4 Å².